The predicted molar refractivity (Wildman–Crippen MR) is 172 cm³/mol. The lowest BCUT2D eigenvalue weighted by atomic mass is 9.97. The van der Waals surface area contributed by atoms with Gasteiger partial charge in [0.05, 0.1) is 37.4 Å². The molecule has 1 aliphatic rings. The zero-order valence-electron chi connectivity index (χ0n) is 25.1. The summed E-state index contributed by atoms with van der Waals surface area (Å²) in [5, 5.41) is 18.6. The van der Waals surface area contributed by atoms with Gasteiger partial charge in [0.2, 0.25) is 0 Å². The lowest BCUT2D eigenvalue weighted by Crippen LogP contribution is -2.28. The number of hydrazone groups is 1. The molecule has 11 heteroatoms. The number of aromatic nitrogens is 3. The van der Waals surface area contributed by atoms with Crippen LogP contribution in [0.15, 0.2) is 106 Å². The van der Waals surface area contributed by atoms with Crippen molar-refractivity contribution >= 4 is 29.3 Å². The number of aryl methyl sites for hydroxylation is 2. The van der Waals surface area contributed by atoms with Crippen LogP contribution in [0.1, 0.15) is 51.1 Å². The van der Waals surface area contributed by atoms with E-state index >= 15 is 0 Å². The molecule has 3 aromatic carbocycles. The number of nitrogens with one attached hydrogen (secondary N) is 1. The average Bonchev–Trinajstić information content (AvgIpc) is 3.83. The van der Waals surface area contributed by atoms with Crippen LogP contribution in [0.5, 0.6) is 5.75 Å². The van der Waals surface area contributed by atoms with Gasteiger partial charge < -0.3 is 14.5 Å². The summed E-state index contributed by atoms with van der Waals surface area (Å²) in [5.74, 6) is 1.07. The van der Waals surface area contributed by atoms with Gasteiger partial charge in [0, 0.05) is 12.1 Å². The molecule has 1 unspecified atom stereocenters. The van der Waals surface area contributed by atoms with Crippen LogP contribution in [-0.2, 0) is 11.3 Å². The van der Waals surface area contributed by atoms with Gasteiger partial charge in [0.15, 0.2) is 16.7 Å². The highest BCUT2D eigenvalue weighted by atomic mass is 32.2. The number of rotatable bonds is 10. The molecule has 0 aliphatic carbocycles. The third-order valence-corrected chi connectivity index (χ3v) is 8.40. The Balaban J connectivity index is 1.25. The molecular weight excluding hydrogens is 588 g/mol. The van der Waals surface area contributed by atoms with Crippen molar-refractivity contribution in [2.24, 2.45) is 5.10 Å². The van der Waals surface area contributed by atoms with Gasteiger partial charge in [0.1, 0.15) is 5.75 Å². The summed E-state index contributed by atoms with van der Waals surface area (Å²) in [6.45, 7) is 4.16. The minimum atomic E-state index is -0.357. The standard InChI is InChI=1S/C34H32N6O4S/c1-22-9-11-25(12-10-22)29-19-28(24-13-15-27(43-3)16-14-24)38-40(29)32(41)21-45-34-37-36-31(20-35-33(42)30-8-5-17-44-30)39(34)26-7-4-6-23(2)18-26/h4-18,29H,19-21H2,1-3H3,(H,35,42). The van der Waals surface area contributed by atoms with Crippen molar-refractivity contribution in [3.63, 3.8) is 0 Å². The fraction of sp³-hybridized carbons (Fsp3) is 0.206. The lowest BCUT2D eigenvalue weighted by Gasteiger charge is -2.22. The van der Waals surface area contributed by atoms with Crippen molar-refractivity contribution in [1.29, 1.82) is 0 Å². The summed E-state index contributed by atoms with van der Waals surface area (Å²) in [7, 11) is 1.63. The van der Waals surface area contributed by atoms with Crippen LogP contribution >= 0.6 is 11.8 Å². The van der Waals surface area contributed by atoms with E-state index < -0.39 is 0 Å². The molecule has 45 heavy (non-hydrogen) atoms. The molecule has 10 nitrogen and oxygen atoms in total. The number of ether oxygens (including phenoxy) is 1. The monoisotopic (exact) mass is 620 g/mol. The zero-order valence-corrected chi connectivity index (χ0v) is 26.0. The second kappa shape index (κ2) is 13.2. The van der Waals surface area contributed by atoms with E-state index in [9.17, 15) is 9.59 Å². The third-order valence-electron chi connectivity index (χ3n) is 7.49. The van der Waals surface area contributed by atoms with Crippen molar-refractivity contribution in [3.8, 4) is 11.4 Å². The summed E-state index contributed by atoms with van der Waals surface area (Å²) < 4.78 is 12.4. The first kappa shape index (κ1) is 29.9. The van der Waals surface area contributed by atoms with E-state index in [1.165, 1.54) is 18.0 Å². The quantitative estimate of drug-likeness (QED) is 0.194. The maximum absolute atomic E-state index is 13.9. The van der Waals surface area contributed by atoms with Crippen LogP contribution in [0.25, 0.3) is 5.69 Å². The average molecular weight is 621 g/mol. The van der Waals surface area contributed by atoms with E-state index in [0.717, 1.165) is 39.4 Å². The van der Waals surface area contributed by atoms with Crippen molar-refractivity contribution in [3.05, 3.63) is 125 Å². The molecule has 0 fully saturated rings. The second-order valence-electron chi connectivity index (χ2n) is 10.7. The van der Waals surface area contributed by atoms with Crippen LogP contribution in [0.3, 0.4) is 0 Å². The number of carbonyl (C=O) groups is 2. The predicted octanol–water partition coefficient (Wildman–Crippen LogP) is 5.89. The Morgan fingerprint density at radius 3 is 2.49 bits per heavy atom. The molecule has 3 heterocycles. The van der Waals surface area contributed by atoms with Crippen LogP contribution in [0.4, 0.5) is 0 Å². The largest absolute Gasteiger partial charge is 0.497 e. The molecule has 6 rings (SSSR count). The number of nitrogens with zero attached hydrogens (tertiary/aromatic N) is 5. The number of hydrogen-bond donors (Lipinski definition) is 1. The molecule has 1 N–H and O–H groups in total. The van der Waals surface area contributed by atoms with Gasteiger partial charge in [0.25, 0.3) is 11.8 Å². The van der Waals surface area contributed by atoms with E-state index in [1.807, 2.05) is 66.9 Å². The molecule has 0 spiro atoms. The molecule has 2 aromatic heterocycles. The van der Waals surface area contributed by atoms with Crippen LogP contribution in [0.2, 0.25) is 0 Å². The molecule has 228 valence electrons. The molecule has 0 bridgehead atoms. The fourth-order valence-corrected chi connectivity index (χ4v) is 5.95. The van der Waals surface area contributed by atoms with Crippen molar-refractivity contribution in [2.45, 2.75) is 38.0 Å². The lowest BCUT2D eigenvalue weighted by molar-refractivity contribution is -0.130. The second-order valence-corrected chi connectivity index (χ2v) is 11.6. The van der Waals surface area contributed by atoms with Crippen molar-refractivity contribution < 1.29 is 18.7 Å². The Morgan fingerprint density at radius 1 is 0.978 bits per heavy atom. The van der Waals surface area contributed by atoms with Gasteiger partial charge in [-0.25, -0.2) is 5.01 Å². The fourth-order valence-electron chi connectivity index (χ4n) is 5.13. The molecule has 2 amide bonds. The van der Waals surface area contributed by atoms with E-state index in [2.05, 4.69) is 39.8 Å². The summed E-state index contributed by atoms with van der Waals surface area (Å²) >= 11 is 1.28. The van der Waals surface area contributed by atoms with E-state index in [-0.39, 0.29) is 35.9 Å². The first-order valence-electron chi connectivity index (χ1n) is 14.5. The first-order valence-corrected chi connectivity index (χ1v) is 15.4. The smallest absolute Gasteiger partial charge is 0.287 e. The van der Waals surface area contributed by atoms with E-state index in [0.29, 0.717) is 17.4 Å². The SMILES string of the molecule is COc1ccc(C2=NN(C(=O)CSc3nnc(CNC(=O)c4ccco4)n3-c3cccc(C)c3)C(c3ccc(C)cc3)C2)cc1. The molecule has 0 radical (unpaired) electrons. The number of amides is 2. The normalized spacial score (nSPS) is 14.3. The van der Waals surface area contributed by atoms with Gasteiger partial charge in [-0.1, -0.05) is 53.7 Å². The van der Waals surface area contributed by atoms with Crippen LogP contribution < -0.4 is 10.1 Å². The highest BCUT2D eigenvalue weighted by Gasteiger charge is 2.33. The van der Waals surface area contributed by atoms with Crippen molar-refractivity contribution in [2.75, 3.05) is 12.9 Å². The minimum absolute atomic E-state index is 0.0878. The van der Waals surface area contributed by atoms with E-state index in [4.69, 9.17) is 14.3 Å². The Kier molecular flexibility index (Phi) is 8.79. The number of benzene rings is 3. The van der Waals surface area contributed by atoms with Crippen LogP contribution in [0, 0.1) is 13.8 Å². The summed E-state index contributed by atoms with van der Waals surface area (Å²) in [6, 6.07) is 26.8. The van der Waals surface area contributed by atoms with Gasteiger partial charge >= 0.3 is 0 Å². The van der Waals surface area contributed by atoms with Gasteiger partial charge in [-0.2, -0.15) is 5.10 Å². The zero-order chi connectivity index (χ0) is 31.3. The molecule has 5 aromatic rings. The number of methoxy groups -OCH3 is 1. The Labute approximate surface area is 265 Å². The van der Waals surface area contributed by atoms with Gasteiger partial charge in [-0.15, -0.1) is 10.2 Å². The molecule has 1 aliphatic heterocycles. The maximum Gasteiger partial charge on any atom is 0.287 e. The minimum Gasteiger partial charge on any atom is -0.497 e. The molecule has 0 saturated heterocycles. The van der Waals surface area contributed by atoms with E-state index in [1.54, 1.807) is 24.3 Å². The number of carbonyl (C=O) groups excluding carboxylic acids is 2. The van der Waals surface area contributed by atoms with Gasteiger partial charge in [-0.3, -0.25) is 14.2 Å². The highest BCUT2D eigenvalue weighted by molar-refractivity contribution is 7.99. The summed E-state index contributed by atoms with van der Waals surface area (Å²) in [6.07, 6.45) is 2.04. The molecule has 1 atom stereocenters. The topological polar surface area (TPSA) is 115 Å². The Bertz CT molecular complexity index is 1830. The van der Waals surface area contributed by atoms with Gasteiger partial charge in [-0.05, 0) is 79.1 Å². The summed E-state index contributed by atoms with van der Waals surface area (Å²) in [5.41, 5.74) is 5.82. The Hall–Kier alpha value is -5.16. The van der Waals surface area contributed by atoms with Crippen LogP contribution in [-0.4, -0.2) is 50.2 Å². The molecule has 0 saturated carbocycles. The number of hydrogen-bond acceptors (Lipinski definition) is 8. The number of thioether (sulfide) groups is 1. The first-order chi connectivity index (χ1) is 21.9. The highest BCUT2D eigenvalue weighted by Crippen LogP contribution is 2.34. The molecular formula is C34H32N6O4S. The third kappa shape index (κ3) is 6.68. The summed E-state index contributed by atoms with van der Waals surface area (Å²) in [4.78, 5) is 26.4. The Morgan fingerprint density at radius 2 is 1.78 bits per heavy atom. The van der Waals surface area contributed by atoms with Crippen molar-refractivity contribution in [1.82, 2.24) is 25.1 Å². The number of furan rings is 1. The maximum atomic E-state index is 13.9.